The van der Waals surface area contributed by atoms with E-state index in [1.165, 1.54) is 17.1 Å². The largest absolute Gasteiger partial charge is 0.480 e. The number of aromatic amines is 1. The maximum atomic E-state index is 15.0. The molecule has 4 aliphatic heterocycles. The monoisotopic (exact) mass is 1040 g/mol. The molecule has 9 unspecified atom stereocenters. The molecule has 1 fully saturated rings. The topological polar surface area (TPSA) is 411 Å². The summed E-state index contributed by atoms with van der Waals surface area (Å²) in [5.74, 6) is -10.4. The van der Waals surface area contributed by atoms with Gasteiger partial charge in [0.15, 0.2) is 5.96 Å². The van der Waals surface area contributed by atoms with Gasteiger partial charge in [-0.25, -0.2) is 9.78 Å². The van der Waals surface area contributed by atoms with Gasteiger partial charge in [0.1, 0.15) is 60.5 Å². The minimum atomic E-state index is -1.71. The lowest BCUT2D eigenvalue weighted by Crippen LogP contribution is -2.62. The third-order valence-electron chi connectivity index (χ3n) is 13.4. The molecule has 3 aromatic rings. The summed E-state index contributed by atoms with van der Waals surface area (Å²) in [6.07, 6.45) is 1.81. The molecule has 406 valence electrons. The van der Waals surface area contributed by atoms with Crippen molar-refractivity contribution in [3.63, 3.8) is 0 Å². The van der Waals surface area contributed by atoms with Crippen molar-refractivity contribution in [2.75, 3.05) is 6.54 Å². The highest BCUT2D eigenvalue weighted by atomic mass is 16.4. The molecule has 0 saturated carbocycles. The van der Waals surface area contributed by atoms with Gasteiger partial charge >= 0.3 is 5.97 Å². The number of nitrogens with zero attached hydrogens (tertiary/aromatic N) is 3. The highest BCUT2D eigenvalue weighted by Gasteiger charge is 2.41. The maximum absolute atomic E-state index is 15.0. The van der Waals surface area contributed by atoms with E-state index in [0.29, 0.717) is 27.8 Å². The number of imidazole rings is 1. The zero-order valence-electron chi connectivity index (χ0n) is 42.8. The summed E-state index contributed by atoms with van der Waals surface area (Å²) >= 11 is 0. The molecule has 26 heteroatoms. The molecular weight excluding hydrogens is 975 g/mol. The summed E-state index contributed by atoms with van der Waals surface area (Å²) in [6, 6.07) is -5.85. The number of H-pyrrole nitrogens is 1. The van der Waals surface area contributed by atoms with E-state index in [2.05, 4.69) is 57.5 Å². The number of guanidine groups is 1. The van der Waals surface area contributed by atoms with Crippen molar-refractivity contribution >= 4 is 76.0 Å². The van der Waals surface area contributed by atoms with Crippen molar-refractivity contribution < 1.29 is 53.1 Å². The number of nitrogens with two attached hydrogens (primary N) is 3. The molecule has 7 rings (SSSR count). The fourth-order valence-corrected chi connectivity index (χ4v) is 9.67. The van der Waals surface area contributed by atoms with Crippen molar-refractivity contribution in [2.24, 2.45) is 39.9 Å². The quantitative estimate of drug-likeness (QED) is 0.0367. The van der Waals surface area contributed by atoms with Crippen LogP contribution in [-0.4, -0.2) is 140 Å². The van der Waals surface area contributed by atoms with Crippen LogP contribution in [0.15, 0.2) is 35.7 Å². The minimum Gasteiger partial charge on any atom is -0.480 e. The number of nitrogens with one attached hydrogen (secondary N) is 9. The van der Waals surface area contributed by atoms with Crippen LogP contribution < -0.4 is 59.7 Å². The molecule has 16 N–H and O–H groups in total. The Hall–Kier alpha value is -8.06. The van der Waals surface area contributed by atoms with Crippen LogP contribution in [0.3, 0.4) is 0 Å². The van der Waals surface area contributed by atoms with E-state index in [-0.39, 0.29) is 80.9 Å². The van der Waals surface area contributed by atoms with Gasteiger partial charge in [0.05, 0.1) is 12.1 Å². The standard InChI is InChI=1S/C49H69N15O11/c1-21(2)14-31-45(71)62-38(23(5)6)46(72)60-32-17-27-26-10-9-24(37(22(3)4)39(47(73)59-31)63-42(68)29-11-12-36(66)55-29)15-30(26)56-40(27)64-19-25(54-20-64)16-34(48(74)75)61-44(70)33(18-35(50)65)58-41(67)28(57-43(32)69)8-7-13-53-49(51)52/h9-10,15,19-23,28-29,31-34,37-39,56H,7-8,11-14,16-18H2,1-6H3,(H2,50,65)(H,55,66)(H,57,69)(H,58,67)(H,59,73)(H,60,72)(H,61,70)(H,62,71)(H,63,68)(H,74,75)(H4,51,52,53). The molecule has 1 saturated heterocycles. The average molecular weight is 1040 g/mol. The molecule has 6 heterocycles. The Kier molecular flexibility index (Phi) is 18.2. The SMILES string of the molecule is CC(C)CC1NC(=O)C(NC(=O)C2CCC(=O)N2)C(C(C)C)c2ccc3c4c([nH]c3c2)-n2cnc(c2)CC(C(=O)O)NC(=O)C(CC(N)=O)NC(=O)C(CCCN=C(N)N)NC(=O)C(C4)NC(=O)C(C(C)C)NC1=O. The van der Waals surface area contributed by atoms with Crippen LogP contribution >= 0.6 is 0 Å². The van der Waals surface area contributed by atoms with Crippen LogP contribution in [0.4, 0.5) is 0 Å². The first-order valence-electron chi connectivity index (χ1n) is 25.1. The number of hydrogen-bond donors (Lipinski definition) is 13. The van der Waals surface area contributed by atoms with Crippen LogP contribution in [0.25, 0.3) is 16.7 Å². The minimum absolute atomic E-state index is 0.00140. The van der Waals surface area contributed by atoms with E-state index in [4.69, 9.17) is 17.2 Å². The van der Waals surface area contributed by atoms with E-state index in [1.54, 1.807) is 32.0 Å². The van der Waals surface area contributed by atoms with Crippen LogP contribution in [0.2, 0.25) is 0 Å². The van der Waals surface area contributed by atoms with Gasteiger partial charge in [0, 0.05) is 54.4 Å². The molecule has 26 nitrogen and oxygen atoms in total. The van der Waals surface area contributed by atoms with Crippen LogP contribution in [0.1, 0.15) is 103 Å². The van der Waals surface area contributed by atoms with E-state index in [1.807, 2.05) is 27.7 Å². The zero-order chi connectivity index (χ0) is 55.0. The first-order valence-corrected chi connectivity index (χ1v) is 25.1. The van der Waals surface area contributed by atoms with E-state index >= 15 is 4.79 Å². The van der Waals surface area contributed by atoms with Crippen molar-refractivity contribution in [3.05, 3.63) is 47.5 Å². The summed E-state index contributed by atoms with van der Waals surface area (Å²) in [5, 5.41) is 32.3. The zero-order valence-corrected chi connectivity index (χ0v) is 42.8. The molecule has 0 aliphatic carbocycles. The predicted molar refractivity (Wildman–Crippen MR) is 271 cm³/mol. The molecule has 2 aromatic heterocycles. The third kappa shape index (κ3) is 14.2. The van der Waals surface area contributed by atoms with Crippen LogP contribution in [-0.2, 0) is 60.8 Å². The number of aromatic nitrogens is 3. The molecule has 9 atom stereocenters. The third-order valence-corrected chi connectivity index (χ3v) is 13.4. The summed E-state index contributed by atoms with van der Waals surface area (Å²) in [4.78, 5) is 150. The highest BCUT2D eigenvalue weighted by molar-refractivity contribution is 6.00. The van der Waals surface area contributed by atoms with Gasteiger partial charge in [0.25, 0.3) is 0 Å². The van der Waals surface area contributed by atoms with Crippen LogP contribution in [0.5, 0.6) is 0 Å². The van der Waals surface area contributed by atoms with Gasteiger partial charge in [-0.1, -0.05) is 53.7 Å². The first kappa shape index (κ1) is 56.2. The fraction of sp³-hybridized carbons (Fsp3) is 0.551. The van der Waals surface area contributed by atoms with E-state index in [0.717, 1.165) is 0 Å². The normalized spacial score (nSPS) is 25.2. The van der Waals surface area contributed by atoms with Gasteiger partial charge in [-0.2, -0.15) is 0 Å². The lowest BCUT2D eigenvalue weighted by atomic mass is 9.81. The molecule has 0 spiro atoms. The number of carboxylic acids is 1. The second-order valence-electron chi connectivity index (χ2n) is 20.5. The second kappa shape index (κ2) is 24.3. The van der Waals surface area contributed by atoms with Crippen molar-refractivity contribution in [1.29, 1.82) is 0 Å². The summed E-state index contributed by atoms with van der Waals surface area (Å²) in [6.45, 7) is 10.8. The highest BCUT2D eigenvalue weighted by Crippen LogP contribution is 2.35. The van der Waals surface area contributed by atoms with Crippen molar-refractivity contribution in [1.82, 2.24) is 57.1 Å². The average Bonchev–Trinajstić information content (AvgIpc) is 4.07. The summed E-state index contributed by atoms with van der Waals surface area (Å²) in [5.41, 5.74) is 18.2. The molecular formula is C49H69N15O11. The number of carboxylic acid groups (broad SMARTS) is 1. The number of amides is 9. The molecule has 75 heavy (non-hydrogen) atoms. The fourth-order valence-electron chi connectivity index (χ4n) is 9.67. The number of aliphatic imine (C=N–C) groups is 1. The second-order valence-corrected chi connectivity index (χ2v) is 20.5. The number of aliphatic carboxylic acids is 1. The van der Waals surface area contributed by atoms with Gasteiger partial charge in [-0.05, 0) is 55.1 Å². The molecule has 9 amide bonds. The Bertz CT molecular complexity index is 2730. The molecule has 7 bridgehead atoms. The Balaban J connectivity index is 1.59. The number of benzene rings is 1. The molecule has 4 aliphatic rings. The lowest BCUT2D eigenvalue weighted by molar-refractivity contribution is -0.142. The Labute approximate surface area is 432 Å². The Morgan fingerprint density at radius 3 is 2.09 bits per heavy atom. The number of carbonyl (C=O) groups is 10. The Morgan fingerprint density at radius 1 is 0.787 bits per heavy atom. The van der Waals surface area contributed by atoms with Gasteiger partial charge < -0.3 is 69.8 Å². The Morgan fingerprint density at radius 2 is 1.47 bits per heavy atom. The smallest absolute Gasteiger partial charge is 0.326 e. The molecule has 1 aromatic carbocycles. The van der Waals surface area contributed by atoms with Gasteiger partial charge in [-0.3, -0.25) is 52.7 Å². The number of primary amides is 1. The predicted octanol–water partition coefficient (Wildman–Crippen LogP) is -2.41. The first-order chi connectivity index (χ1) is 35.4. The molecule has 0 radical (unpaired) electrons. The van der Waals surface area contributed by atoms with E-state index in [9.17, 15) is 48.3 Å². The maximum Gasteiger partial charge on any atom is 0.326 e. The summed E-state index contributed by atoms with van der Waals surface area (Å²) < 4.78 is 1.53. The van der Waals surface area contributed by atoms with Crippen molar-refractivity contribution in [2.45, 2.75) is 147 Å². The van der Waals surface area contributed by atoms with E-state index < -0.39 is 120 Å². The van der Waals surface area contributed by atoms with Crippen LogP contribution in [0, 0.1) is 17.8 Å². The number of carbonyl (C=O) groups excluding carboxylic acids is 9. The number of hydrogen-bond acceptors (Lipinski definition) is 12. The summed E-state index contributed by atoms with van der Waals surface area (Å²) in [7, 11) is 0. The van der Waals surface area contributed by atoms with Gasteiger partial charge in [0.2, 0.25) is 53.2 Å². The van der Waals surface area contributed by atoms with Gasteiger partial charge in [-0.15, -0.1) is 0 Å². The lowest BCUT2D eigenvalue weighted by Gasteiger charge is -2.33. The van der Waals surface area contributed by atoms with Crippen molar-refractivity contribution in [3.8, 4) is 5.82 Å². The number of rotatable bonds is 13. The number of fused-ring (bicyclic) bond motifs is 13.